The zero-order valence-corrected chi connectivity index (χ0v) is 15.9. The molecular formula is C19H30F4O4. The number of hydrogen-bond donors (Lipinski definition) is 0. The second-order valence-corrected chi connectivity index (χ2v) is 6.29. The van der Waals surface area contributed by atoms with Gasteiger partial charge in [-0.2, -0.15) is 8.78 Å². The van der Waals surface area contributed by atoms with Crippen LogP contribution in [0.2, 0.25) is 0 Å². The Balaban J connectivity index is 3.61. The van der Waals surface area contributed by atoms with Gasteiger partial charge in [0.15, 0.2) is 6.61 Å². The number of alkyl halides is 4. The van der Waals surface area contributed by atoms with Gasteiger partial charge in [0.1, 0.15) is 6.61 Å². The maximum Gasteiger partial charge on any atom is 0.340 e. The van der Waals surface area contributed by atoms with Crippen LogP contribution in [0.4, 0.5) is 17.6 Å². The summed E-state index contributed by atoms with van der Waals surface area (Å²) in [5.74, 6) is -5.94. The average molecular weight is 398 g/mol. The largest absolute Gasteiger partial charge is 0.461 e. The third-order valence-corrected chi connectivity index (χ3v) is 3.74. The van der Waals surface area contributed by atoms with Crippen molar-refractivity contribution in [2.75, 3.05) is 13.2 Å². The van der Waals surface area contributed by atoms with Crippen LogP contribution in [0.1, 0.15) is 71.1 Å². The lowest BCUT2D eigenvalue weighted by Gasteiger charge is -2.14. The summed E-state index contributed by atoms with van der Waals surface area (Å²) >= 11 is 0. The summed E-state index contributed by atoms with van der Waals surface area (Å²) in [4.78, 5) is 22.6. The van der Waals surface area contributed by atoms with Crippen LogP contribution in [0.25, 0.3) is 0 Å². The van der Waals surface area contributed by atoms with Gasteiger partial charge in [-0.3, -0.25) is 9.59 Å². The Morgan fingerprint density at radius 2 is 1.48 bits per heavy atom. The molecule has 0 atom stereocenters. The molecule has 27 heavy (non-hydrogen) atoms. The highest BCUT2D eigenvalue weighted by molar-refractivity contribution is 5.72. The van der Waals surface area contributed by atoms with E-state index in [2.05, 4.69) is 11.7 Å². The van der Waals surface area contributed by atoms with Crippen molar-refractivity contribution in [1.82, 2.24) is 0 Å². The highest BCUT2D eigenvalue weighted by atomic mass is 19.3. The van der Waals surface area contributed by atoms with Gasteiger partial charge < -0.3 is 9.47 Å². The molecule has 158 valence electrons. The number of rotatable bonds is 16. The molecule has 0 radical (unpaired) electrons. The smallest absolute Gasteiger partial charge is 0.340 e. The summed E-state index contributed by atoms with van der Waals surface area (Å²) in [7, 11) is 0. The molecule has 0 aliphatic heterocycles. The van der Waals surface area contributed by atoms with Crippen LogP contribution >= 0.6 is 0 Å². The summed E-state index contributed by atoms with van der Waals surface area (Å²) < 4.78 is 57.9. The molecule has 0 aliphatic rings. The summed E-state index contributed by atoms with van der Waals surface area (Å²) in [6.45, 7) is 0.644. The summed E-state index contributed by atoms with van der Waals surface area (Å²) in [5, 5.41) is 0. The van der Waals surface area contributed by atoms with Crippen molar-refractivity contribution >= 4 is 11.9 Å². The predicted octanol–water partition coefficient (Wildman–Crippen LogP) is 5.45. The van der Waals surface area contributed by atoms with E-state index in [1.54, 1.807) is 6.08 Å². The van der Waals surface area contributed by atoms with Crippen molar-refractivity contribution in [3.05, 3.63) is 12.2 Å². The molecule has 0 aromatic heterocycles. The zero-order chi connectivity index (χ0) is 20.5. The van der Waals surface area contributed by atoms with Gasteiger partial charge in [0.05, 0.1) is 0 Å². The van der Waals surface area contributed by atoms with Crippen molar-refractivity contribution in [2.45, 2.75) is 83.5 Å². The van der Waals surface area contributed by atoms with E-state index in [0.717, 1.165) is 12.8 Å². The van der Waals surface area contributed by atoms with Gasteiger partial charge in [0, 0.05) is 12.8 Å². The Kier molecular flexibility index (Phi) is 14.5. The number of ether oxygens (including phenoxy) is 2. The lowest BCUT2D eigenvalue weighted by Crippen LogP contribution is -2.33. The minimum absolute atomic E-state index is 0.0411. The van der Waals surface area contributed by atoms with Crippen molar-refractivity contribution in [2.24, 2.45) is 0 Å². The molecule has 0 aromatic carbocycles. The highest BCUT2D eigenvalue weighted by Crippen LogP contribution is 2.23. The zero-order valence-electron chi connectivity index (χ0n) is 15.9. The van der Waals surface area contributed by atoms with Gasteiger partial charge in [-0.25, -0.2) is 8.78 Å². The molecule has 0 N–H and O–H groups in total. The van der Waals surface area contributed by atoms with Gasteiger partial charge in [0.25, 0.3) is 0 Å². The summed E-state index contributed by atoms with van der Waals surface area (Å²) in [5.41, 5.74) is 0. The predicted molar refractivity (Wildman–Crippen MR) is 93.9 cm³/mol. The van der Waals surface area contributed by atoms with E-state index in [0.29, 0.717) is 0 Å². The topological polar surface area (TPSA) is 52.6 Å². The van der Waals surface area contributed by atoms with E-state index in [9.17, 15) is 27.2 Å². The van der Waals surface area contributed by atoms with E-state index < -0.39 is 30.9 Å². The first-order valence-corrected chi connectivity index (χ1v) is 9.41. The fourth-order valence-electron chi connectivity index (χ4n) is 2.13. The van der Waals surface area contributed by atoms with Crippen LogP contribution in [-0.4, -0.2) is 37.5 Å². The first-order chi connectivity index (χ1) is 12.8. The molecule has 0 heterocycles. The summed E-state index contributed by atoms with van der Waals surface area (Å²) in [6, 6.07) is 0. The SMILES string of the molecule is CCCCCCCC/C=C/COC(=O)CCCC(=O)OCC(F)(F)C(F)F. The maximum absolute atomic E-state index is 12.6. The van der Waals surface area contributed by atoms with Crippen molar-refractivity contribution < 1.29 is 36.6 Å². The first-order valence-electron chi connectivity index (χ1n) is 9.41. The second-order valence-electron chi connectivity index (χ2n) is 6.29. The third kappa shape index (κ3) is 15.2. The normalized spacial score (nSPS) is 11.9. The molecule has 0 amide bonds. The minimum Gasteiger partial charge on any atom is -0.461 e. The Morgan fingerprint density at radius 1 is 0.889 bits per heavy atom. The molecule has 0 spiro atoms. The summed E-state index contributed by atoms with van der Waals surface area (Å²) in [6.07, 6.45) is 7.66. The van der Waals surface area contributed by atoms with E-state index in [-0.39, 0.29) is 25.9 Å². The average Bonchev–Trinajstić information content (AvgIpc) is 2.61. The number of carbonyl (C=O) groups excluding carboxylic acids is 2. The van der Waals surface area contributed by atoms with Gasteiger partial charge in [-0.1, -0.05) is 51.2 Å². The standard InChI is InChI=1S/C19H30F4O4/c1-2-3-4-5-6-7-8-9-10-14-26-16(24)12-11-13-17(25)27-15-19(22,23)18(20)21/h9-10,18H,2-8,11-15H2,1H3/b10-9+. The number of unbranched alkanes of at least 4 members (excludes halogenated alkanes) is 6. The molecule has 0 bridgehead atoms. The van der Waals surface area contributed by atoms with Crippen molar-refractivity contribution in [3.63, 3.8) is 0 Å². The van der Waals surface area contributed by atoms with Gasteiger partial charge in [-0.05, 0) is 19.3 Å². The van der Waals surface area contributed by atoms with Crippen LogP contribution in [0.5, 0.6) is 0 Å². The highest BCUT2D eigenvalue weighted by Gasteiger charge is 2.42. The van der Waals surface area contributed by atoms with Crippen LogP contribution in [-0.2, 0) is 19.1 Å². The molecule has 0 unspecified atom stereocenters. The molecular weight excluding hydrogens is 368 g/mol. The fraction of sp³-hybridized carbons (Fsp3) is 0.789. The minimum atomic E-state index is -4.36. The molecule has 0 aromatic rings. The first kappa shape index (κ1) is 25.4. The van der Waals surface area contributed by atoms with Crippen molar-refractivity contribution in [1.29, 1.82) is 0 Å². The van der Waals surface area contributed by atoms with Crippen LogP contribution in [0.15, 0.2) is 12.2 Å². The van der Waals surface area contributed by atoms with Crippen LogP contribution < -0.4 is 0 Å². The molecule has 0 rings (SSSR count). The monoisotopic (exact) mass is 398 g/mol. The van der Waals surface area contributed by atoms with Gasteiger partial charge in [-0.15, -0.1) is 0 Å². The molecule has 0 fully saturated rings. The molecule has 8 heteroatoms. The fourth-order valence-corrected chi connectivity index (χ4v) is 2.13. The Morgan fingerprint density at radius 3 is 2.11 bits per heavy atom. The Labute approximate surface area is 158 Å². The van der Waals surface area contributed by atoms with Crippen LogP contribution in [0, 0.1) is 0 Å². The Hall–Kier alpha value is -1.60. The molecule has 4 nitrogen and oxygen atoms in total. The van der Waals surface area contributed by atoms with E-state index in [4.69, 9.17) is 4.74 Å². The van der Waals surface area contributed by atoms with Gasteiger partial charge in [0.2, 0.25) is 0 Å². The van der Waals surface area contributed by atoms with E-state index in [1.165, 1.54) is 32.1 Å². The van der Waals surface area contributed by atoms with Gasteiger partial charge >= 0.3 is 24.3 Å². The van der Waals surface area contributed by atoms with Crippen LogP contribution in [0.3, 0.4) is 0 Å². The lowest BCUT2D eigenvalue weighted by atomic mass is 10.1. The molecule has 0 aliphatic carbocycles. The number of esters is 2. The molecule has 0 saturated carbocycles. The maximum atomic E-state index is 12.6. The van der Waals surface area contributed by atoms with E-state index >= 15 is 0 Å². The third-order valence-electron chi connectivity index (χ3n) is 3.74. The number of allylic oxidation sites excluding steroid dienone is 1. The van der Waals surface area contributed by atoms with Crippen molar-refractivity contribution in [3.8, 4) is 0 Å². The molecule has 0 saturated heterocycles. The second kappa shape index (κ2) is 15.5. The number of hydrogen-bond acceptors (Lipinski definition) is 4. The van der Waals surface area contributed by atoms with E-state index in [1.807, 2.05) is 6.08 Å². The number of carbonyl (C=O) groups is 2. The lowest BCUT2D eigenvalue weighted by molar-refractivity contribution is -0.179. The Bertz CT molecular complexity index is 439. The quantitative estimate of drug-likeness (QED) is 0.150. The number of halogens is 4.